The van der Waals surface area contributed by atoms with Gasteiger partial charge in [0.05, 0.1) is 6.42 Å². The molecular weight excluding hydrogens is 246 g/mol. The van der Waals surface area contributed by atoms with E-state index in [1.165, 1.54) is 11.1 Å². The van der Waals surface area contributed by atoms with Crippen LogP contribution in [0.2, 0.25) is 0 Å². The minimum atomic E-state index is 0.0964. The minimum Gasteiger partial charge on any atom is -0.352 e. The van der Waals surface area contributed by atoms with Gasteiger partial charge in [-0.15, -0.1) is 0 Å². The summed E-state index contributed by atoms with van der Waals surface area (Å²) in [5.74, 6) is 0.720. The van der Waals surface area contributed by atoms with Gasteiger partial charge in [0.1, 0.15) is 0 Å². The average molecular weight is 269 g/mol. The second-order valence-electron chi connectivity index (χ2n) is 5.62. The van der Waals surface area contributed by atoms with E-state index in [1.54, 1.807) is 0 Å². The third-order valence-electron chi connectivity index (χ3n) is 3.92. The van der Waals surface area contributed by atoms with Crippen molar-refractivity contribution in [1.29, 1.82) is 0 Å². The zero-order chi connectivity index (χ0) is 14.4. The second kappa shape index (κ2) is 7.09. The highest BCUT2D eigenvalue weighted by Gasteiger charge is 2.15. The summed E-state index contributed by atoms with van der Waals surface area (Å²) in [6, 6.07) is 9.86. The van der Waals surface area contributed by atoms with E-state index in [9.17, 15) is 4.79 Å². The van der Waals surface area contributed by atoms with Gasteiger partial charge in [-0.1, -0.05) is 54.1 Å². The van der Waals surface area contributed by atoms with E-state index in [0.29, 0.717) is 18.9 Å². The maximum atomic E-state index is 11.9. The lowest BCUT2D eigenvalue weighted by molar-refractivity contribution is -0.120. The monoisotopic (exact) mass is 269 g/mol. The number of rotatable bonds is 5. The van der Waals surface area contributed by atoms with Crippen LogP contribution in [0.5, 0.6) is 0 Å². The maximum absolute atomic E-state index is 11.9. The van der Waals surface area contributed by atoms with Gasteiger partial charge >= 0.3 is 0 Å². The molecular formula is C18H23NO. The van der Waals surface area contributed by atoms with E-state index in [-0.39, 0.29) is 5.91 Å². The molecule has 106 valence electrons. The van der Waals surface area contributed by atoms with E-state index < -0.39 is 0 Å². The lowest BCUT2D eigenvalue weighted by Crippen LogP contribution is -2.28. The third kappa shape index (κ3) is 4.37. The van der Waals surface area contributed by atoms with Gasteiger partial charge in [0.15, 0.2) is 0 Å². The number of allylic oxidation sites excluding steroid dienone is 2. The molecule has 0 aromatic heterocycles. The molecule has 1 aliphatic carbocycles. The fourth-order valence-corrected chi connectivity index (χ4v) is 2.55. The Labute approximate surface area is 121 Å². The van der Waals surface area contributed by atoms with Crippen molar-refractivity contribution in [3.8, 4) is 0 Å². The number of hydrogen-bond acceptors (Lipinski definition) is 1. The molecule has 0 saturated carbocycles. The van der Waals surface area contributed by atoms with Crippen LogP contribution in [-0.4, -0.2) is 12.5 Å². The molecule has 1 aromatic carbocycles. The van der Waals surface area contributed by atoms with Crippen molar-refractivity contribution in [1.82, 2.24) is 5.32 Å². The zero-order valence-electron chi connectivity index (χ0n) is 12.2. The number of benzene rings is 1. The van der Waals surface area contributed by atoms with Gasteiger partial charge in [-0.3, -0.25) is 4.79 Å². The highest BCUT2D eigenvalue weighted by Crippen LogP contribution is 2.27. The highest BCUT2D eigenvalue weighted by atomic mass is 16.1. The van der Waals surface area contributed by atoms with Crippen LogP contribution in [0.3, 0.4) is 0 Å². The molecule has 1 atom stereocenters. The number of carbonyl (C=O) groups excluding carboxylic acids is 1. The summed E-state index contributed by atoms with van der Waals surface area (Å²) in [6.07, 6.45) is 6.03. The van der Waals surface area contributed by atoms with Gasteiger partial charge in [0, 0.05) is 6.54 Å². The molecule has 2 nitrogen and oxygen atoms in total. The quantitative estimate of drug-likeness (QED) is 0.812. The van der Waals surface area contributed by atoms with Crippen molar-refractivity contribution in [2.45, 2.75) is 32.6 Å². The fourth-order valence-electron chi connectivity index (χ4n) is 2.55. The van der Waals surface area contributed by atoms with Crippen molar-refractivity contribution in [3.05, 3.63) is 59.7 Å². The largest absolute Gasteiger partial charge is 0.352 e. The zero-order valence-corrected chi connectivity index (χ0v) is 12.2. The van der Waals surface area contributed by atoms with Crippen molar-refractivity contribution >= 4 is 5.91 Å². The highest BCUT2D eigenvalue weighted by molar-refractivity contribution is 5.78. The molecule has 0 aliphatic heterocycles. The van der Waals surface area contributed by atoms with Crippen LogP contribution in [0.1, 0.15) is 31.7 Å². The SMILES string of the molecule is C=C(C)C1CC=C(CNC(=O)Cc2ccccc2)CC1. The van der Waals surface area contributed by atoms with E-state index in [2.05, 4.69) is 24.9 Å². The minimum absolute atomic E-state index is 0.0964. The van der Waals surface area contributed by atoms with Crippen LogP contribution in [0.4, 0.5) is 0 Å². The molecule has 1 N–H and O–H groups in total. The van der Waals surface area contributed by atoms with Gasteiger partial charge in [-0.05, 0) is 37.7 Å². The molecule has 0 saturated heterocycles. The molecule has 2 heteroatoms. The fraction of sp³-hybridized carbons (Fsp3) is 0.389. The summed E-state index contributed by atoms with van der Waals surface area (Å²) in [5.41, 5.74) is 3.68. The molecule has 2 rings (SSSR count). The molecule has 0 spiro atoms. The summed E-state index contributed by atoms with van der Waals surface area (Å²) in [7, 11) is 0. The molecule has 1 amide bonds. The normalized spacial score (nSPS) is 18.2. The Balaban J connectivity index is 1.76. The van der Waals surface area contributed by atoms with Crippen LogP contribution in [-0.2, 0) is 11.2 Å². The van der Waals surface area contributed by atoms with Gasteiger partial charge in [-0.2, -0.15) is 0 Å². The van der Waals surface area contributed by atoms with Crippen LogP contribution in [0.25, 0.3) is 0 Å². The smallest absolute Gasteiger partial charge is 0.224 e. The van der Waals surface area contributed by atoms with E-state index in [1.807, 2.05) is 30.3 Å². The Hall–Kier alpha value is -1.83. The first-order valence-electron chi connectivity index (χ1n) is 7.29. The molecule has 0 fully saturated rings. The Morgan fingerprint density at radius 1 is 1.35 bits per heavy atom. The van der Waals surface area contributed by atoms with Gasteiger partial charge in [0.25, 0.3) is 0 Å². The summed E-state index contributed by atoms with van der Waals surface area (Å²) in [4.78, 5) is 11.9. The summed E-state index contributed by atoms with van der Waals surface area (Å²) >= 11 is 0. The van der Waals surface area contributed by atoms with Crippen LogP contribution in [0.15, 0.2) is 54.1 Å². The number of carbonyl (C=O) groups is 1. The molecule has 0 radical (unpaired) electrons. The van der Waals surface area contributed by atoms with Gasteiger partial charge in [-0.25, -0.2) is 0 Å². The molecule has 1 unspecified atom stereocenters. The molecule has 0 heterocycles. The van der Waals surface area contributed by atoms with Crippen LogP contribution < -0.4 is 5.32 Å². The number of nitrogens with one attached hydrogen (secondary N) is 1. The van der Waals surface area contributed by atoms with E-state index in [4.69, 9.17) is 0 Å². The maximum Gasteiger partial charge on any atom is 0.224 e. The standard InChI is InChI=1S/C18H23NO/c1-14(2)17-10-8-16(9-11-17)13-19-18(20)12-15-6-4-3-5-7-15/h3-8,17H,1,9-13H2,2H3,(H,19,20). The van der Waals surface area contributed by atoms with Crippen LogP contribution in [0, 0.1) is 5.92 Å². The topological polar surface area (TPSA) is 29.1 Å². The third-order valence-corrected chi connectivity index (χ3v) is 3.92. The molecule has 1 aliphatic rings. The van der Waals surface area contributed by atoms with Crippen LogP contribution >= 0.6 is 0 Å². The summed E-state index contributed by atoms with van der Waals surface area (Å²) < 4.78 is 0. The predicted octanol–water partition coefficient (Wildman–Crippen LogP) is 3.65. The molecule has 0 bridgehead atoms. The first-order chi connectivity index (χ1) is 9.65. The Morgan fingerprint density at radius 3 is 2.70 bits per heavy atom. The van der Waals surface area contributed by atoms with E-state index in [0.717, 1.165) is 24.8 Å². The second-order valence-corrected chi connectivity index (χ2v) is 5.62. The molecule has 1 aromatic rings. The van der Waals surface area contributed by atoms with Crippen molar-refractivity contribution in [2.24, 2.45) is 5.92 Å². The first kappa shape index (κ1) is 14.6. The van der Waals surface area contributed by atoms with Crippen molar-refractivity contribution in [3.63, 3.8) is 0 Å². The van der Waals surface area contributed by atoms with Gasteiger partial charge < -0.3 is 5.32 Å². The first-order valence-corrected chi connectivity index (χ1v) is 7.29. The Bertz CT molecular complexity index is 501. The van der Waals surface area contributed by atoms with E-state index >= 15 is 0 Å². The number of hydrogen-bond donors (Lipinski definition) is 1. The van der Waals surface area contributed by atoms with Gasteiger partial charge in [0.2, 0.25) is 5.91 Å². The summed E-state index contributed by atoms with van der Waals surface area (Å²) in [6.45, 7) is 6.82. The number of amides is 1. The lowest BCUT2D eigenvalue weighted by Gasteiger charge is -2.22. The van der Waals surface area contributed by atoms with Crippen molar-refractivity contribution < 1.29 is 4.79 Å². The predicted molar refractivity (Wildman–Crippen MR) is 83.4 cm³/mol. The lowest BCUT2D eigenvalue weighted by atomic mass is 9.85. The van der Waals surface area contributed by atoms with Crippen molar-refractivity contribution in [2.75, 3.05) is 6.54 Å². The summed E-state index contributed by atoms with van der Waals surface area (Å²) in [5, 5.41) is 3.02. The molecule has 20 heavy (non-hydrogen) atoms. The average Bonchev–Trinajstić information content (AvgIpc) is 2.46. The Morgan fingerprint density at radius 2 is 2.10 bits per heavy atom. The Kier molecular flexibility index (Phi) is 5.16.